The van der Waals surface area contributed by atoms with E-state index < -0.39 is 0 Å². The smallest absolute Gasteiger partial charge is 0.105 e. The fourth-order valence-corrected chi connectivity index (χ4v) is 1.04. The summed E-state index contributed by atoms with van der Waals surface area (Å²) in [6.45, 7) is 9.90. The zero-order chi connectivity index (χ0) is 9.56. The van der Waals surface area contributed by atoms with Gasteiger partial charge in [-0.15, -0.1) is 0 Å². The molecule has 3 nitrogen and oxygen atoms in total. The third kappa shape index (κ3) is 4.91. The van der Waals surface area contributed by atoms with Gasteiger partial charge in [0.25, 0.3) is 0 Å². The van der Waals surface area contributed by atoms with Crippen molar-refractivity contribution in [1.29, 1.82) is 0 Å². The van der Waals surface area contributed by atoms with Crippen LogP contribution in [0.25, 0.3) is 0 Å². The monoisotopic (exact) mass is 169 g/mol. The van der Waals surface area contributed by atoms with E-state index in [2.05, 4.69) is 32.3 Å². The zero-order valence-electron chi connectivity index (χ0n) is 8.20. The quantitative estimate of drug-likeness (QED) is 0.295. The number of hydrazine groups is 1. The fraction of sp³-hybridized carbons (Fsp3) is 0.667. The summed E-state index contributed by atoms with van der Waals surface area (Å²) in [6, 6.07) is 0.327. The molecule has 2 N–H and O–H groups in total. The minimum absolute atomic E-state index is 0.327. The molecule has 0 saturated heterocycles. The number of hydrogen-bond acceptors (Lipinski definition) is 2. The van der Waals surface area contributed by atoms with E-state index in [0.717, 1.165) is 6.42 Å². The molecule has 0 amide bonds. The molecular formula is C9H19N3. The van der Waals surface area contributed by atoms with Crippen LogP contribution in [0.1, 0.15) is 27.2 Å². The first-order chi connectivity index (χ1) is 5.57. The molecule has 0 radical (unpaired) electrons. The Balaban J connectivity index is 3.83. The molecule has 0 aromatic carbocycles. The average molecular weight is 169 g/mol. The summed E-state index contributed by atoms with van der Waals surface area (Å²) in [4.78, 5) is 3.84. The normalized spacial score (nSPS) is 13.8. The summed E-state index contributed by atoms with van der Waals surface area (Å²) in [7, 11) is 0. The molecule has 0 bridgehead atoms. The maximum absolute atomic E-state index is 5.69. The Morgan fingerprint density at radius 3 is 2.50 bits per heavy atom. The third-order valence-corrected chi connectivity index (χ3v) is 1.63. The lowest BCUT2D eigenvalue weighted by molar-refractivity contribution is 0.304. The first-order valence-electron chi connectivity index (χ1n) is 4.25. The molecule has 0 aliphatic rings. The average Bonchev–Trinajstić information content (AvgIpc) is 1.98. The standard InChI is InChI=1S/C9H19N3/c1-5-11-7-12(10)9(4)6-8(2)3/h5,7-9H,1,6,10H2,2-4H3. The highest BCUT2D eigenvalue weighted by Gasteiger charge is 2.07. The molecule has 70 valence electrons. The lowest BCUT2D eigenvalue weighted by atomic mass is 10.1. The van der Waals surface area contributed by atoms with Crippen LogP contribution in [0.15, 0.2) is 17.8 Å². The minimum atomic E-state index is 0.327. The van der Waals surface area contributed by atoms with Crippen molar-refractivity contribution in [3.8, 4) is 0 Å². The van der Waals surface area contributed by atoms with Crippen LogP contribution in [0.5, 0.6) is 0 Å². The van der Waals surface area contributed by atoms with Crippen molar-refractivity contribution in [3.05, 3.63) is 12.8 Å². The van der Waals surface area contributed by atoms with Gasteiger partial charge in [-0.05, 0) is 19.3 Å². The van der Waals surface area contributed by atoms with Gasteiger partial charge in [0.15, 0.2) is 0 Å². The number of nitrogens with two attached hydrogens (primary N) is 1. The fourth-order valence-electron chi connectivity index (χ4n) is 1.04. The summed E-state index contributed by atoms with van der Waals surface area (Å²) in [6.07, 6.45) is 4.14. The highest BCUT2D eigenvalue weighted by Crippen LogP contribution is 2.06. The van der Waals surface area contributed by atoms with Crippen LogP contribution in [0.2, 0.25) is 0 Å². The predicted molar refractivity (Wildman–Crippen MR) is 53.6 cm³/mol. The van der Waals surface area contributed by atoms with Gasteiger partial charge in [-0.2, -0.15) is 0 Å². The second-order valence-electron chi connectivity index (χ2n) is 3.37. The Hall–Kier alpha value is -0.830. The van der Waals surface area contributed by atoms with Crippen LogP contribution in [-0.4, -0.2) is 17.4 Å². The number of nitrogens with zero attached hydrogens (tertiary/aromatic N) is 2. The van der Waals surface area contributed by atoms with Gasteiger partial charge in [-0.25, -0.2) is 10.8 Å². The SMILES string of the molecule is C=CN=CN(N)C(C)CC(C)C. The van der Waals surface area contributed by atoms with Crippen LogP contribution in [0.3, 0.4) is 0 Å². The third-order valence-electron chi connectivity index (χ3n) is 1.63. The van der Waals surface area contributed by atoms with Crippen molar-refractivity contribution >= 4 is 6.34 Å². The van der Waals surface area contributed by atoms with E-state index in [1.807, 2.05) is 0 Å². The summed E-state index contributed by atoms with van der Waals surface area (Å²) in [5, 5.41) is 1.61. The summed E-state index contributed by atoms with van der Waals surface area (Å²) >= 11 is 0. The maximum Gasteiger partial charge on any atom is 0.105 e. The highest BCUT2D eigenvalue weighted by atomic mass is 15.4. The van der Waals surface area contributed by atoms with E-state index in [4.69, 9.17) is 5.84 Å². The van der Waals surface area contributed by atoms with E-state index in [1.54, 1.807) is 11.3 Å². The summed E-state index contributed by atoms with van der Waals surface area (Å²) < 4.78 is 0. The molecule has 12 heavy (non-hydrogen) atoms. The minimum Gasteiger partial charge on any atom is -0.298 e. The van der Waals surface area contributed by atoms with Gasteiger partial charge in [-0.1, -0.05) is 20.4 Å². The van der Waals surface area contributed by atoms with Crippen molar-refractivity contribution < 1.29 is 0 Å². The van der Waals surface area contributed by atoms with Crippen molar-refractivity contribution in [2.45, 2.75) is 33.2 Å². The Labute approximate surface area is 74.9 Å². The van der Waals surface area contributed by atoms with Crippen LogP contribution < -0.4 is 5.84 Å². The van der Waals surface area contributed by atoms with Crippen LogP contribution in [0.4, 0.5) is 0 Å². The number of aliphatic imine (C=N–C) groups is 1. The molecule has 0 aromatic heterocycles. The molecule has 0 spiro atoms. The van der Waals surface area contributed by atoms with E-state index >= 15 is 0 Å². The molecule has 3 heteroatoms. The van der Waals surface area contributed by atoms with Crippen LogP contribution in [0, 0.1) is 5.92 Å². The van der Waals surface area contributed by atoms with Gasteiger partial charge < -0.3 is 0 Å². The number of rotatable bonds is 5. The molecule has 0 aliphatic heterocycles. The molecule has 0 heterocycles. The second kappa shape index (κ2) is 5.77. The van der Waals surface area contributed by atoms with Crippen molar-refractivity contribution in [1.82, 2.24) is 5.01 Å². The molecule has 0 saturated carbocycles. The molecule has 0 rings (SSSR count). The van der Waals surface area contributed by atoms with E-state index in [-0.39, 0.29) is 0 Å². The van der Waals surface area contributed by atoms with Gasteiger partial charge in [0.2, 0.25) is 0 Å². The molecule has 1 atom stereocenters. The van der Waals surface area contributed by atoms with Crippen LogP contribution >= 0.6 is 0 Å². The molecule has 0 aliphatic carbocycles. The molecular weight excluding hydrogens is 150 g/mol. The van der Waals surface area contributed by atoms with E-state index in [1.165, 1.54) is 6.20 Å². The highest BCUT2D eigenvalue weighted by molar-refractivity contribution is 5.55. The largest absolute Gasteiger partial charge is 0.298 e. The Bertz CT molecular complexity index is 152. The predicted octanol–water partition coefficient (Wildman–Crippen LogP) is 1.77. The summed E-state index contributed by atoms with van der Waals surface area (Å²) in [5.74, 6) is 6.34. The summed E-state index contributed by atoms with van der Waals surface area (Å²) in [5.41, 5.74) is 0. The molecule has 1 unspecified atom stereocenters. The van der Waals surface area contributed by atoms with Crippen molar-refractivity contribution in [2.24, 2.45) is 16.8 Å². The Morgan fingerprint density at radius 1 is 1.50 bits per heavy atom. The first-order valence-corrected chi connectivity index (χ1v) is 4.25. The van der Waals surface area contributed by atoms with Gasteiger partial charge in [0.05, 0.1) is 0 Å². The molecule has 0 fully saturated rings. The van der Waals surface area contributed by atoms with E-state index in [0.29, 0.717) is 12.0 Å². The molecule has 0 aromatic rings. The van der Waals surface area contributed by atoms with Crippen molar-refractivity contribution in [3.63, 3.8) is 0 Å². The Morgan fingerprint density at radius 2 is 2.08 bits per heavy atom. The topological polar surface area (TPSA) is 41.6 Å². The maximum atomic E-state index is 5.69. The van der Waals surface area contributed by atoms with Gasteiger partial charge in [0, 0.05) is 12.2 Å². The lowest BCUT2D eigenvalue weighted by Crippen LogP contribution is -2.38. The lowest BCUT2D eigenvalue weighted by Gasteiger charge is -2.22. The van der Waals surface area contributed by atoms with E-state index in [9.17, 15) is 0 Å². The van der Waals surface area contributed by atoms with Gasteiger partial charge >= 0.3 is 0 Å². The first kappa shape index (κ1) is 11.2. The van der Waals surface area contributed by atoms with Gasteiger partial charge in [-0.3, -0.25) is 5.01 Å². The van der Waals surface area contributed by atoms with Crippen molar-refractivity contribution in [2.75, 3.05) is 0 Å². The van der Waals surface area contributed by atoms with Crippen LogP contribution in [-0.2, 0) is 0 Å². The Kier molecular flexibility index (Phi) is 5.37. The second-order valence-corrected chi connectivity index (χ2v) is 3.37. The number of hydrogen-bond donors (Lipinski definition) is 1. The zero-order valence-corrected chi connectivity index (χ0v) is 8.20. The van der Waals surface area contributed by atoms with Gasteiger partial charge in [0.1, 0.15) is 6.34 Å².